The van der Waals surface area contributed by atoms with Crippen LogP contribution in [0.3, 0.4) is 0 Å². The minimum atomic E-state index is 0. The van der Waals surface area contributed by atoms with Crippen LogP contribution in [0.5, 0.6) is 0 Å². The van der Waals surface area contributed by atoms with E-state index in [2.05, 4.69) is 98.7 Å². The summed E-state index contributed by atoms with van der Waals surface area (Å²) in [6.07, 6.45) is 0. The molecule has 0 fully saturated rings. The lowest BCUT2D eigenvalue weighted by molar-refractivity contribution is 0.409. The van der Waals surface area contributed by atoms with Crippen LogP contribution in [0.25, 0.3) is 0 Å². The standard InChI is InChI=1S/C20H28N2S2.2ClH/c1-21(2)15-19(17-11-7-5-8-12-17)23-24-20(16-22(3)4)18-13-9-6-10-14-18;;/h5-14,19-20H,15-16H2,1-4H3;2*1H/t19-,20-;;/m0../s1. The molecule has 2 rings (SSSR count). The number of benzene rings is 2. The molecule has 0 unspecified atom stereocenters. The van der Waals surface area contributed by atoms with Crippen molar-refractivity contribution in [1.29, 1.82) is 0 Å². The van der Waals surface area contributed by atoms with Gasteiger partial charge in [0, 0.05) is 13.1 Å². The van der Waals surface area contributed by atoms with Gasteiger partial charge in [-0.05, 0) is 39.3 Å². The van der Waals surface area contributed by atoms with Crippen LogP contribution in [0.1, 0.15) is 21.6 Å². The summed E-state index contributed by atoms with van der Waals surface area (Å²) < 4.78 is 0. The van der Waals surface area contributed by atoms with Crippen molar-refractivity contribution < 1.29 is 0 Å². The van der Waals surface area contributed by atoms with Crippen LogP contribution in [0, 0.1) is 0 Å². The normalized spacial score (nSPS) is 13.0. The number of rotatable bonds is 9. The molecule has 2 nitrogen and oxygen atoms in total. The molecule has 26 heavy (non-hydrogen) atoms. The summed E-state index contributed by atoms with van der Waals surface area (Å²) in [5, 5.41) is 0.944. The Morgan fingerprint density at radius 2 is 0.923 bits per heavy atom. The van der Waals surface area contributed by atoms with E-state index >= 15 is 0 Å². The van der Waals surface area contributed by atoms with Crippen LogP contribution in [0.2, 0.25) is 0 Å². The lowest BCUT2D eigenvalue weighted by atomic mass is 10.1. The molecule has 0 aromatic heterocycles. The zero-order valence-electron chi connectivity index (χ0n) is 15.9. The Labute approximate surface area is 179 Å². The molecule has 2 atom stereocenters. The SMILES string of the molecule is CN(C)C[C@H](SS[C@@H](CN(C)C)c1ccccc1)c1ccccc1.Cl.Cl. The lowest BCUT2D eigenvalue weighted by Gasteiger charge is -2.25. The first-order valence-corrected chi connectivity index (χ1v) is 10.6. The molecule has 0 saturated carbocycles. The quantitative estimate of drug-likeness (QED) is 0.460. The molecule has 0 heterocycles. The van der Waals surface area contributed by atoms with Crippen molar-refractivity contribution in [2.24, 2.45) is 0 Å². The van der Waals surface area contributed by atoms with Gasteiger partial charge in [0.2, 0.25) is 0 Å². The van der Waals surface area contributed by atoms with Gasteiger partial charge < -0.3 is 9.80 Å². The second kappa shape index (κ2) is 13.8. The van der Waals surface area contributed by atoms with Crippen molar-refractivity contribution >= 4 is 46.4 Å². The molecular formula is C20H30Cl2N2S2. The predicted molar refractivity (Wildman–Crippen MR) is 125 cm³/mol. The van der Waals surface area contributed by atoms with Crippen molar-refractivity contribution in [1.82, 2.24) is 9.80 Å². The summed E-state index contributed by atoms with van der Waals surface area (Å²) in [7, 11) is 12.6. The maximum Gasteiger partial charge on any atom is 0.0528 e. The van der Waals surface area contributed by atoms with Crippen molar-refractivity contribution in [2.75, 3.05) is 41.3 Å². The van der Waals surface area contributed by atoms with Gasteiger partial charge in [-0.3, -0.25) is 0 Å². The van der Waals surface area contributed by atoms with Crippen molar-refractivity contribution in [3.8, 4) is 0 Å². The largest absolute Gasteiger partial charge is 0.308 e. The molecule has 0 bridgehead atoms. The molecule has 146 valence electrons. The average Bonchev–Trinajstić information content (AvgIpc) is 2.58. The summed E-state index contributed by atoms with van der Waals surface area (Å²) in [4.78, 5) is 4.55. The van der Waals surface area contributed by atoms with Crippen LogP contribution in [0.15, 0.2) is 60.7 Å². The highest BCUT2D eigenvalue weighted by molar-refractivity contribution is 8.76. The summed E-state index contributed by atoms with van der Waals surface area (Å²) in [5.41, 5.74) is 2.81. The fourth-order valence-electron chi connectivity index (χ4n) is 2.52. The minimum absolute atomic E-state index is 0. The number of halogens is 2. The molecule has 0 amide bonds. The maximum atomic E-state index is 2.27. The molecule has 2 aromatic rings. The average molecular weight is 434 g/mol. The zero-order chi connectivity index (χ0) is 17.4. The topological polar surface area (TPSA) is 6.48 Å². The van der Waals surface area contributed by atoms with E-state index in [0.717, 1.165) is 13.1 Å². The van der Waals surface area contributed by atoms with E-state index in [9.17, 15) is 0 Å². The minimum Gasteiger partial charge on any atom is -0.308 e. The van der Waals surface area contributed by atoms with Gasteiger partial charge >= 0.3 is 0 Å². The highest BCUT2D eigenvalue weighted by Gasteiger charge is 2.19. The van der Waals surface area contributed by atoms with E-state index in [0.29, 0.717) is 10.5 Å². The van der Waals surface area contributed by atoms with Gasteiger partial charge in [-0.15, -0.1) is 24.8 Å². The fraction of sp³-hybridized carbons (Fsp3) is 0.400. The summed E-state index contributed by atoms with van der Waals surface area (Å²) in [6.45, 7) is 2.09. The fourth-order valence-corrected chi connectivity index (χ4v) is 5.87. The maximum absolute atomic E-state index is 2.27. The second-order valence-corrected chi connectivity index (χ2v) is 9.19. The van der Waals surface area contributed by atoms with Crippen LogP contribution in [0.4, 0.5) is 0 Å². The molecule has 0 aliphatic heterocycles. The van der Waals surface area contributed by atoms with Gasteiger partial charge in [-0.25, -0.2) is 0 Å². The Morgan fingerprint density at radius 3 is 1.19 bits per heavy atom. The monoisotopic (exact) mass is 432 g/mol. The second-order valence-electron chi connectivity index (χ2n) is 6.52. The third-order valence-electron chi connectivity index (χ3n) is 3.69. The number of nitrogens with zero attached hydrogens (tertiary/aromatic N) is 2. The van der Waals surface area contributed by atoms with Gasteiger partial charge in [0.05, 0.1) is 10.5 Å². The molecule has 0 N–H and O–H groups in total. The zero-order valence-corrected chi connectivity index (χ0v) is 19.1. The highest BCUT2D eigenvalue weighted by Crippen LogP contribution is 2.46. The van der Waals surface area contributed by atoms with Crippen molar-refractivity contribution in [2.45, 2.75) is 10.5 Å². The van der Waals surface area contributed by atoms with E-state index < -0.39 is 0 Å². The molecule has 0 radical (unpaired) electrons. The van der Waals surface area contributed by atoms with E-state index in [1.54, 1.807) is 0 Å². The van der Waals surface area contributed by atoms with Gasteiger partial charge in [0.15, 0.2) is 0 Å². The molecule has 0 aliphatic carbocycles. The molecule has 6 heteroatoms. The first-order chi connectivity index (χ1) is 11.6. The third kappa shape index (κ3) is 9.03. The molecule has 0 aliphatic rings. The van der Waals surface area contributed by atoms with Crippen LogP contribution in [-0.4, -0.2) is 51.1 Å². The Morgan fingerprint density at radius 1 is 0.615 bits per heavy atom. The number of hydrogen-bond acceptors (Lipinski definition) is 4. The van der Waals surface area contributed by atoms with Crippen molar-refractivity contribution in [3.63, 3.8) is 0 Å². The number of likely N-dealkylation sites (N-methyl/N-ethyl adjacent to an activating group) is 2. The Bertz CT molecular complexity index is 529. The van der Waals surface area contributed by atoms with Gasteiger partial charge in [0.25, 0.3) is 0 Å². The summed E-state index contributed by atoms with van der Waals surface area (Å²) in [5.74, 6) is 0. The first-order valence-electron chi connectivity index (χ1n) is 8.27. The lowest BCUT2D eigenvalue weighted by Crippen LogP contribution is -2.20. The van der Waals surface area contributed by atoms with Crippen LogP contribution in [-0.2, 0) is 0 Å². The molecule has 0 spiro atoms. The van der Waals surface area contributed by atoms with Gasteiger partial charge in [-0.1, -0.05) is 82.3 Å². The van der Waals surface area contributed by atoms with Crippen molar-refractivity contribution in [3.05, 3.63) is 71.8 Å². The third-order valence-corrected chi connectivity index (χ3v) is 6.84. The van der Waals surface area contributed by atoms with E-state index in [4.69, 9.17) is 0 Å². The Kier molecular flexibility index (Phi) is 13.6. The Balaban J connectivity index is 0.00000312. The van der Waals surface area contributed by atoms with Gasteiger partial charge in [-0.2, -0.15) is 0 Å². The molecule has 2 aromatic carbocycles. The Hall–Kier alpha value is -0.360. The summed E-state index contributed by atoms with van der Waals surface area (Å²) in [6, 6.07) is 21.7. The predicted octanol–water partition coefficient (Wildman–Crippen LogP) is 5.82. The molecule has 0 saturated heterocycles. The van der Waals surface area contributed by atoms with E-state index in [1.807, 2.05) is 21.6 Å². The van der Waals surface area contributed by atoms with E-state index in [-0.39, 0.29) is 24.8 Å². The van der Waals surface area contributed by atoms with Crippen LogP contribution >= 0.6 is 46.4 Å². The highest BCUT2D eigenvalue weighted by atomic mass is 35.5. The summed E-state index contributed by atoms with van der Waals surface area (Å²) >= 11 is 0. The van der Waals surface area contributed by atoms with Crippen LogP contribution < -0.4 is 0 Å². The smallest absolute Gasteiger partial charge is 0.0528 e. The molecular weight excluding hydrogens is 403 g/mol. The van der Waals surface area contributed by atoms with E-state index in [1.165, 1.54) is 11.1 Å². The first kappa shape index (κ1) is 25.6. The number of hydrogen-bond donors (Lipinski definition) is 0. The van der Waals surface area contributed by atoms with Gasteiger partial charge in [0.1, 0.15) is 0 Å².